The lowest BCUT2D eigenvalue weighted by Gasteiger charge is -2.23. The van der Waals surface area contributed by atoms with Gasteiger partial charge in [0.1, 0.15) is 5.82 Å². The van der Waals surface area contributed by atoms with Gasteiger partial charge in [0.25, 0.3) is 5.91 Å². The molecule has 3 nitrogen and oxygen atoms in total. The van der Waals surface area contributed by atoms with Crippen molar-refractivity contribution in [1.29, 1.82) is 0 Å². The summed E-state index contributed by atoms with van der Waals surface area (Å²) < 4.78 is 14.5. The number of rotatable bonds is 1. The van der Waals surface area contributed by atoms with E-state index in [1.165, 1.54) is 6.07 Å². The first kappa shape index (κ1) is 14.1. The van der Waals surface area contributed by atoms with Gasteiger partial charge >= 0.3 is 0 Å². The van der Waals surface area contributed by atoms with Crippen LogP contribution in [0.5, 0.6) is 0 Å². The van der Waals surface area contributed by atoms with E-state index in [1.807, 2.05) is 19.1 Å². The zero-order valence-corrected chi connectivity index (χ0v) is 13.0. The predicted octanol–water partition coefficient (Wildman–Crippen LogP) is 3.76. The third-order valence-electron chi connectivity index (χ3n) is 3.71. The number of carbonyl (C=O) groups is 1. The van der Waals surface area contributed by atoms with E-state index in [0.717, 1.165) is 17.7 Å². The van der Waals surface area contributed by atoms with E-state index in [1.54, 1.807) is 23.1 Å². The monoisotopic (exact) mass is 348 g/mol. The average molecular weight is 349 g/mol. The van der Waals surface area contributed by atoms with Gasteiger partial charge in [-0.05, 0) is 65.2 Å². The molecule has 0 saturated carbocycles. The van der Waals surface area contributed by atoms with Crippen LogP contribution in [0.25, 0.3) is 0 Å². The topological polar surface area (TPSA) is 46.3 Å². The first-order chi connectivity index (χ1) is 9.99. The molecule has 0 fully saturated rings. The minimum atomic E-state index is -0.523. The number of benzene rings is 2. The summed E-state index contributed by atoms with van der Waals surface area (Å²) in [6.07, 6.45) is 0.720. The molecule has 1 heterocycles. The molecule has 5 heteroatoms. The summed E-state index contributed by atoms with van der Waals surface area (Å²) in [5, 5.41) is 0. The van der Waals surface area contributed by atoms with Gasteiger partial charge in [0, 0.05) is 21.9 Å². The molecular weight excluding hydrogens is 335 g/mol. The van der Waals surface area contributed by atoms with Gasteiger partial charge < -0.3 is 10.6 Å². The number of hydrogen-bond acceptors (Lipinski definition) is 2. The third-order valence-corrected chi connectivity index (χ3v) is 4.38. The summed E-state index contributed by atoms with van der Waals surface area (Å²) in [6.45, 7) is 1.95. The molecule has 3 rings (SSSR count). The molecule has 21 heavy (non-hydrogen) atoms. The smallest absolute Gasteiger partial charge is 0.262 e. The third kappa shape index (κ3) is 2.31. The van der Waals surface area contributed by atoms with Gasteiger partial charge in [-0.3, -0.25) is 4.79 Å². The van der Waals surface area contributed by atoms with Crippen molar-refractivity contribution in [2.75, 3.05) is 10.6 Å². The molecule has 0 spiro atoms. The number of nitrogens with zero attached hydrogens (tertiary/aromatic N) is 1. The average Bonchev–Trinajstić information content (AvgIpc) is 2.73. The maximum atomic E-state index is 14.0. The molecule has 1 aliphatic heterocycles. The molecule has 0 saturated heterocycles. The van der Waals surface area contributed by atoms with Gasteiger partial charge in [-0.1, -0.05) is 6.07 Å². The Kier molecular flexibility index (Phi) is 3.45. The molecule has 2 aromatic rings. The molecule has 0 bridgehead atoms. The van der Waals surface area contributed by atoms with Crippen molar-refractivity contribution in [3.63, 3.8) is 0 Å². The lowest BCUT2D eigenvalue weighted by molar-refractivity contribution is 0.0977. The normalized spacial score (nSPS) is 16.9. The summed E-state index contributed by atoms with van der Waals surface area (Å²) in [6, 6.07) is 9.95. The van der Waals surface area contributed by atoms with E-state index in [4.69, 9.17) is 5.73 Å². The van der Waals surface area contributed by atoms with E-state index in [9.17, 15) is 9.18 Å². The first-order valence-electron chi connectivity index (χ1n) is 6.65. The van der Waals surface area contributed by atoms with Crippen molar-refractivity contribution in [3.05, 3.63) is 57.8 Å². The standard InChI is InChI=1S/C16H14BrFN2O/c1-9-7-10-8-11(19)5-6-14(10)20(9)16(21)15-12(17)3-2-4-13(15)18/h2-6,8-9H,7,19H2,1H3. The first-order valence-corrected chi connectivity index (χ1v) is 7.44. The zero-order chi connectivity index (χ0) is 15.1. The van der Waals surface area contributed by atoms with Crippen LogP contribution in [0.2, 0.25) is 0 Å². The van der Waals surface area contributed by atoms with Gasteiger partial charge in [0.2, 0.25) is 0 Å². The Bertz CT molecular complexity index is 712. The number of carbonyl (C=O) groups excluding carboxylic acids is 1. The highest BCUT2D eigenvalue weighted by Gasteiger charge is 2.33. The van der Waals surface area contributed by atoms with Crippen molar-refractivity contribution < 1.29 is 9.18 Å². The number of halogens is 2. The van der Waals surface area contributed by atoms with Gasteiger partial charge in [0.15, 0.2) is 0 Å². The summed E-state index contributed by atoms with van der Waals surface area (Å²) in [5.41, 5.74) is 8.34. The molecule has 1 unspecified atom stereocenters. The van der Waals surface area contributed by atoms with Crippen LogP contribution < -0.4 is 10.6 Å². The Labute approximate surface area is 130 Å². The van der Waals surface area contributed by atoms with Crippen molar-refractivity contribution in [2.45, 2.75) is 19.4 Å². The fourth-order valence-electron chi connectivity index (χ4n) is 2.78. The van der Waals surface area contributed by atoms with Crippen LogP contribution in [-0.2, 0) is 6.42 Å². The number of nitrogens with two attached hydrogens (primary N) is 1. The van der Waals surface area contributed by atoms with Crippen molar-refractivity contribution in [1.82, 2.24) is 0 Å². The minimum absolute atomic E-state index is 0.0270. The van der Waals surface area contributed by atoms with E-state index in [0.29, 0.717) is 10.2 Å². The molecule has 1 amide bonds. The van der Waals surface area contributed by atoms with Crippen LogP contribution in [0.15, 0.2) is 40.9 Å². The second-order valence-electron chi connectivity index (χ2n) is 5.21. The molecule has 2 N–H and O–H groups in total. The van der Waals surface area contributed by atoms with Crippen molar-refractivity contribution >= 4 is 33.2 Å². The summed E-state index contributed by atoms with van der Waals surface area (Å²) in [5.74, 6) is -0.860. The second kappa shape index (κ2) is 5.15. The zero-order valence-electron chi connectivity index (χ0n) is 11.4. The Morgan fingerprint density at radius 1 is 1.38 bits per heavy atom. The molecular formula is C16H14BrFN2O. The van der Waals surface area contributed by atoms with Crippen LogP contribution in [0.4, 0.5) is 15.8 Å². The lowest BCUT2D eigenvalue weighted by Crippen LogP contribution is -2.36. The number of amides is 1. The Morgan fingerprint density at radius 2 is 2.14 bits per heavy atom. The number of hydrogen-bond donors (Lipinski definition) is 1. The lowest BCUT2D eigenvalue weighted by atomic mass is 10.1. The van der Waals surface area contributed by atoms with E-state index in [2.05, 4.69) is 15.9 Å². The maximum Gasteiger partial charge on any atom is 0.262 e. The van der Waals surface area contributed by atoms with E-state index >= 15 is 0 Å². The van der Waals surface area contributed by atoms with Gasteiger partial charge in [-0.15, -0.1) is 0 Å². The number of nitrogen functional groups attached to an aromatic ring is 1. The Hall–Kier alpha value is -1.88. The second-order valence-corrected chi connectivity index (χ2v) is 6.07. The Balaban J connectivity index is 2.07. The maximum absolute atomic E-state index is 14.0. The fourth-order valence-corrected chi connectivity index (χ4v) is 3.29. The van der Waals surface area contributed by atoms with Gasteiger partial charge in [-0.2, -0.15) is 0 Å². The van der Waals surface area contributed by atoms with Gasteiger partial charge in [-0.25, -0.2) is 4.39 Å². The minimum Gasteiger partial charge on any atom is -0.399 e. The highest BCUT2D eigenvalue weighted by Crippen LogP contribution is 2.35. The van der Waals surface area contributed by atoms with E-state index in [-0.39, 0.29) is 17.5 Å². The summed E-state index contributed by atoms with van der Waals surface area (Å²) in [7, 11) is 0. The molecule has 1 aliphatic rings. The SMILES string of the molecule is CC1Cc2cc(N)ccc2N1C(=O)c1c(F)cccc1Br. The molecule has 2 aromatic carbocycles. The quantitative estimate of drug-likeness (QED) is 0.797. The van der Waals surface area contributed by atoms with Crippen molar-refractivity contribution in [2.24, 2.45) is 0 Å². The Morgan fingerprint density at radius 3 is 2.86 bits per heavy atom. The number of anilines is 2. The molecule has 1 atom stereocenters. The van der Waals surface area contributed by atoms with Crippen LogP contribution in [-0.4, -0.2) is 11.9 Å². The van der Waals surface area contributed by atoms with Gasteiger partial charge in [0.05, 0.1) is 5.56 Å². The highest BCUT2D eigenvalue weighted by molar-refractivity contribution is 9.10. The highest BCUT2D eigenvalue weighted by atomic mass is 79.9. The summed E-state index contributed by atoms with van der Waals surface area (Å²) >= 11 is 3.26. The summed E-state index contributed by atoms with van der Waals surface area (Å²) in [4.78, 5) is 14.4. The fraction of sp³-hybridized carbons (Fsp3) is 0.188. The largest absolute Gasteiger partial charge is 0.399 e. The molecule has 108 valence electrons. The van der Waals surface area contributed by atoms with Crippen LogP contribution in [0, 0.1) is 5.82 Å². The van der Waals surface area contributed by atoms with E-state index < -0.39 is 5.82 Å². The molecule has 0 aromatic heterocycles. The van der Waals surface area contributed by atoms with Crippen molar-refractivity contribution in [3.8, 4) is 0 Å². The van der Waals surface area contributed by atoms with Crippen LogP contribution in [0.1, 0.15) is 22.8 Å². The number of fused-ring (bicyclic) bond motifs is 1. The predicted molar refractivity (Wildman–Crippen MR) is 84.9 cm³/mol. The molecule has 0 radical (unpaired) electrons. The molecule has 0 aliphatic carbocycles. The van der Waals surface area contributed by atoms with Crippen LogP contribution >= 0.6 is 15.9 Å². The van der Waals surface area contributed by atoms with Crippen LogP contribution in [0.3, 0.4) is 0 Å².